The second kappa shape index (κ2) is 6.35. The Morgan fingerprint density at radius 1 is 1.11 bits per heavy atom. The lowest BCUT2D eigenvalue weighted by Gasteiger charge is -2.10. The molecule has 19 heavy (non-hydrogen) atoms. The molecule has 0 aliphatic rings. The highest BCUT2D eigenvalue weighted by Gasteiger charge is 2.13. The average Bonchev–Trinajstić information content (AvgIpc) is 2.39. The maximum atomic E-state index is 13.7. The van der Waals surface area contributed by atoms with E-state index in [4.69, 9.17) is 16.3 Å². The summed E-state index contributed by atoms with van der Waals surface area (Å²) in [4.78, 5) is 0. The Morgan fingerprint density at radius 3 is 2.32 bits per heavy atom. The van der Waals surface area contributed by atoms with E-state index in [9.17, 15) is 8.78 Å². The summed E-state index contributed by atoms with van der Waals surface area (Å²) >= 11 is 8.88. The molecule has 0 atom stereocenters. The number of alkyl halides is 1. The van der Waals surface area contributed by atoms with E-state index in [1.165, 1.54) is 12.1 Å². The molecule has 2 aromatic rings. The molecule has 0 radical (unpaired) electrons. The number of ether oxygens (including phenoxy) is 1. The molecule has 0 saturated heterocycles. The van der Waals surface area contributed by atoms with Crippen molar-refractivity contribution in [3.8, 4) is 5.75 Å². The number of hydrogen-bond donors (Lipinski definition) is 0. The second-order valence-electron chi connectivity index (χ2n) is 3.90. The standard InChI is InChI=1S/C14H10BrClF2O/c15-11-4-2-1-3-10(11)8-19-14-12(17)5-9(7-16)6-13(14)18/h1-6H,7-8H2. The van der Waals surface area contributed by atoms with E-state index in [2.05, 4.69) is 15.9 Å². The van der Waals surface area contributed by atoms with E-state index in [-0.39, 0.29) is 18.2 Å². The first-order chi connectivity index (χ1) is 9.11. The zero-order valence-electron chi connectivity index (χ0n) is 9.80. The second-order valence-corrected chi connectivity index (χ2v) is 5.02. The van der Waals surface area contributed by atoms with Crippen LogP contribution in [0.15, 0.2) is 40.9 Å². The van der Waals surface area contributed by atoms with Crippen LogP contribution in [0.3, 0.4) is 0 Å². The Kier molecular flexibility index (Phi) is 4.77. The van der Waals surface area contributed by atoms with Gasteiger partial charge in [0.2, 0.25) is 0 Å². The van der Waals surface area contributed by atoms with Crippen LogP contribution in [0.5, 0.6) is 5.75 Å². The van der Waals surface area contributed by atoms with Crippen molar-refractivity contribution in [2.75, 3.05) is 0 Å². The predicted octanol–water partition coefficient (Wildman–Crippen LogP) is 5.05. The van der Waals surface area contributed by atoms with Gasteiger partial charge in [-0.3, -0.25) is 0 Å². The molecular weight excluding hydrogens is 338 g/mol. The third-order valence-electron chi connectivity index (χ3n) is 2.54. The van der Waals surface area contributed by atoms with Gasteiger partial charge in [0.25, 0.3) is 0 Å². The van der Waals surface area contributed by atoms with E-state index in [1.54, 1.807) is 0 Å². The number of hydrogen-bond acceptors (Lipinski definition) is 1. The number of benzene rings is 2. The molecule has 0 amide bonds. The van der Waals surface area contributed by atoms with Crippen LogP contribution >= 0.6 is 27.5 Å². The maximum Gasteiger partial charge on any atom is 0.191 e. The lowest BCUT2D eigenvalue weighted by Crippen LogP contribution is -2.01. The van der Waals surface area contributed by atoms with Gasteiger partial charge in [0, 0.05) is 15.9 Å². The molecular formula is C14H10BrClF2O. The fourth-order valence-electron chi connectivity index (χ4n) is 1.59. The fourth-order valence-corrected chi connectivity index (χ4v) is 2.15. The van der Waals surface area contributed by atoms with Crippen molar-refractivity contribution in [3.63, 3.8) is 0 Å². The molecule has 0 aromatic heterocycles. The van der Waals surface area contributed by atoms with E-state index in [0.29, 0.717) is 5.56 Å². The predicted molar refractivity (Wildman–Crippen MR) is 74.4 cm³/mol. The van der Waals surface area contributed by atoms with Crippen molar-refractivity contribution < 1.29 is 13.5 Å². The average molecular weight is 348 g/mol. The van der Waals surface area contributed by atoms with Gasteiger partial charge in [-0.05, 0) is 23.8 Å². The Morgan fingerprint density at radius 2 is 1.74 bits per heavy atom. The third kappa shape index (κ3) is 3.45. The quantitative estimate of drug-likeness (QED) is 0.704. The molecule has 0 aliphatic heterocycles. The highest BCUT2D eigenvalue weighted by Crippen LogP contribution is 2.26. The Bertz CT molecular complexity index is 566. The zero-order valence-corrected chi connectivity index (χ0v) is 12.1. The number of halogens is 4. The van der Waals surface area contributed by atoms with Crippen LogP contribution in [0.2, 0.25) is 0 Å². The van der Waals surface area contributed by atoms with E-state index in [1.807, 2.05) is 24.3 Å². The summed E-state index contributed by atoms with van der Waals surface area (Å²) < 4.78 is 33.4. The molecule has 1 nitrogen and oxygen atoms in total. The molecule has 2 rings (SSSR count). The first-order valence-electron chi connectivity index (χ1n) is 5.52. The minimum atomic E-state index is -0.747. The first-order valence-corrected chi connectivity index (χ1v) is 6.84. The monoisotopic (exact) mass is 346 g/mol. The highest BCUT2D eigenvalue weighted by atomic mass is 79.9. The van der Waals surface area contributed by atoms with Crippen molar-refractivity contribution in [1.29, 1.82) is 0 Å². The molecule has 0 aliphatic carbocycles. The third-order valence-corrected chi connectivity index (χ3v) is 3.62. The van der Waals surface area contributed by atoms with Crippen LogP contribution in [-0.4, -0.2) is 0 Å². The van der Waals surface area contributed by atoms with Gasteiger partial charge < -0.3 is 4.74 Å². The summed E-state index contributed by atoms with van der Waals surface area (Å²) in [5.41, 5.74) is 1.19. The van der Waals surface area contributed by atoms with Gasteiger partial charge in [0.15, 0.2) is 17.4 Å². The smallest absolute Gasteiger partial charge is 0.191 e. The Labute approximate surface area is 123 Å². The summed E-state index contributed by atoms with van der Waals surface area (Å²) in [7, 11) is 0. The SMILES string of the molecule is Fc1cc(CCl)cc(F)c1OCc1ccccc1Br. The summed E-state index contributed by atoms with van der Waals surface area (Å²) in [6.07, 6.45) is 0. The van der Waals surface area contributed by atoms with Gasteiger partial charge >= 0.3 is 0 Å². The van der Waals surface area contributed by atoms with Gasteiger partial charge in [0.05, 0.1) is 0 Å². The molecule has 0 N–H and O–H groups in total. The highest BCUT2D eigenvalue weighted by molar-refractivity contribution is 9.10. The molecule has 0 saturated carbocycles. The molecule has 100 valence electrons. The molecule has 2 aromatic carbocycles. The first kappa shape index (κ1) is 14.3. The van der Waals surface area contributed by atoms with Crippen LogP contribution in [0.4, 0.5) is 8.78 Å². The largest absolute Gasteiger partial charge is 0.483 e. The minimum Gasteiger partial charge on any atom is -0.483 e. The lowest BCUT2D eigenvalue weighted by atomic mass is 10.2. The van der Waals surface area contributed by atoms with Crippen LogP contribution < -0.4 is 4.74 Å². The van der Waals surface area contributed by atoms with Crippen molar-refractivity contribution >= 4 is 27.5 Å². The lowest BCUT2D eigenvalue weighted by molar-refractivity contribution is 0.273. The van der Waals surface area contributed by atoms with Gasteiger partial charge in [-0.1, -0.05) is 34.1 Å². The molecule has 0 heterocycles. The van der Waals surface area contributed by atoms with Crippen LogP contribution in [0.25, 0.3) is 0 Å². The van der Waals surface area contributed by atoms with Gasteiger partial charge in [-0.15, -0.1) is 11.6 Å². The van der Waals surface area contributed by atoms with Gasteiger partial charge in [-0.25, -0.2) is 8.78 Å². The molecule has 0 bridgehead atoms. The summed E-state index contributed by atoms with van der Waals surface area (Å²) in [5.74, 6) is -1.83. The summed E-state index contributed by atoms with van der Waals surface area (Å²) in [6, 6.07) is 9.67. The summed E-state index contributed by atoms with van der Waals surface area (Å²) in [5, 5.41) is 0. The fraction of sp³-hybridized carbons (Fsp3) is 0.143. The Balaban J connectivity index is 2.18. The zero-order chi connectivity index (χ0) is 13.8. The summed E-state index contributed by atoms with van der Waals surface area (Å²) in [6.45, 7) is 0.0789. The molecule has 0 spiro atoms. The van der Waals surface area contributed by atoms with Crippen molar-refractivity contribution in [2.45, 2.75) is 12.5 Å². The van der Waals surface area contributed by atoms with Gasteiger partial charge in [-0.2, -0.15) is 0 Å². The van der Waals surface area contributed by atoms with E-state index >= 15 is 0 Å². The minimum absolute atomic E-state index is 0.0539. The van der Waals surface area contributed by atoms with E-state index < -0.39 is 11.6 Å². The van der Waals surface area contributed by atoms with Gasteiger partial charge in [0.1, 0.15) is 6.61 Å². The van der Waals surface area contributed by atoms with Crippen molar-refractivity contribution in [1.82, 2.24) is 0 Å². The molecule has 0 fully saturated rings. The van der Waals surface area contributed by atoms with Crippen molar-refractivity contribution in [2.24, 2.45) is 0 Å². The normalized spacial score (nSPS) is 10.5. The topological polar surface area (TPSA) is 9.23 Å². The van der Waals surface area contributed by atoms with E-state index in [0.717, 1.165) is 10.0 Å². The van der Waals surface area contributed by atoms with Crippen LogP contribution in [0.1, 0.15) is 11.1 Å². The van der Waals surface area contributed by atoms with Crippen LogP contribution in [-0.2, 0) is 12.5 Å². The molecule has 0 unspecified atom stereocenters. The van der Waals surface area contributed by atoms with Crippen molar-refractivity contribution in [3.05, 3.63) is 63.6 Å². The van der Waals surface area contributed by atoms with Crippen LogP contribution in [0, 0.1) is 11.6 Å². The maximum absolute atomic E-state index is 13.7. The Hall–Kier alpha value is -1.13. The molecule has 5 heteroatoms. The number of rotatable bonds is 4.